The largest absolute Gasteiger partial charge is 0.305 e. The number of hydrogen-bond donors (Lipinski definition) is 1. The quantitative estimate of drug-likeness (QED) is 0.828. The van der Waals surface area contributed by atoms with Crippen molar-refractivity contribution >= 4 is 11.3 Å². The Hall–Kier alpha value is -1.12. The maximum Gasteiger partial charge on any atom is 0.0414 e. The van der Waals surface area contributed by atoms with Crippen molar-refractivity contribution in [3.8, 4) is 0 Å². The molecule has 1 atom stereocenters. The van der Waals surface area contributed by atoms with Gasteiger partial charge in [0.15, 0.2) is 0 Å². The van der Waals surface area contributed by atoms with E-state index < -0.39 is 0 Å². The average molecular weight is 245 g/mol. The van der Waals surface area contributed by atoms with Gasteiger partial charge in [0.1, 0.15) is 0 Å². The number of nitrogens with one attached hydrogen (secondary N) is 1. The molecule has 2 heteroatoms. The van der Waals surface area contributed by atoms with E-state index >= 15 is 0 Å². The van der Waals surface area contributed by atoms with Gasteiger partial charge in [0.25, 0.3) is 0 Å². The van der Waals surface area contributed by atoms with Crippen LogP contribution in [0.3, 0.4) is 0 Å². The molecule has 0 aliphatic carbocycles. The Kier molecular flexibility index (Phi) is 4.35. The van der Waals surface area contributed by atoms with Crippen molar-refractivity contribution in [3.63, 3.8) is 0 Å². The molecule has 1 unspecified atom stereocenters. The van der Waals surface area contributed by atoms with Gasteiger partial charge < -0.3 is 5.32 Å². The van der Waals surface area contributed by atoms with Gasteiger partial charge in [-0.05, 0) is 30.4 Å². The predicted octanol–water partition coefficient (Wildman–Crippen LogP) is 4.30. The maximum absolute atomic E-state index is 3.63. The Morgan fingerprint density at radius 3 is 2.76 bits per heavy atom. The van der Waals surface area contributed by atoms with Crippen LogP contribution in [0.5, 0.6) is 0 Å². The van der Waals surface area contributed by atoms with Crippen molar-refractivity contribution in [2.24, 2.45) is 0 Å². The highest BCUT2D eigenvalue weighted by Crippen LogP contribution is 2.22. The van der Waals surface area contributed by atoms with Crippen LogP contribution in [0.25, 0.3) is 0 Å². The van der Waals surface area contributed by atoms with Crippen LogP contribution in [0.2, 0.25) is 0 Å². The van der Waals surface area contributed by atoms with Gasteiger partial charge in [-0.15, -0.1) is 11.3 Å². The van der Waals surface area contributed by atoms with Gasteiger partial charge in [0.2, 0.25) is 0 Å². The lowest BCUT2D eigenvalue weighted by atomic mass is 10.1. The number of hydrogen-bond acceptors (Lipinski definition) is 2. The minimum atomic E-state index is 0.482. The molecule has 1 aromatic carbocycles. The SMILES string of the molecule is CCC(NCc1cccc(C)c1)c1cccs1. The molecular formula is C15H19NS. The molecule has 0 amide bonds. The molecule has 0 aliphatic rings. The van der Waals surface area contributed by atoms with Gasteiger partial charge >= 0.3 is 0 Å². The molecule has 0 radical (unpaired) electrons. The van der Waals surface area contributed by atoms with Gasteiger partial charge in [0, 0.05) is 17.5 Å². The molecule has 0 spiro atoms. The van der Waals surface area contributed by atoms with Crippen molar-refractivity contribution in [2.75, 3.05) is 0 Å². The highest BCUT2D eigenvalue weighted by atomic mass is 32.1. The molecule has 90 valence electrons. The van der Waals surface area contributed by atoms with Crippen LogP contribution in [-0.4, -0.2) is 0 Å². The van der Waals surface area contributed by atoms with E-state index in [4.69, 9.17) is 0 Å². The monoisotopic (exact) mass is 245 g/mol. The molecule has 1 nitrogen and oxygen atoms in total. The Labute approximate surface area is 108 Å². The molecule has 2 aromatic rings. The Morgan fingerprint density at radius 1 is 1.24 bits per heavy atom. The van der Waals surface area contributed by atoms with Crippen LogP contribution in [0.15, 0.2) is 41.8 Å². The highest BCUT2D eigenvalue weighted by molar-refractivity contribution is 7.10. The van der Waals surface area contributed by atoms with E-state index in [-0.39, 0.29) is 0 Å². The molecular weight excluding hydrogens is 226 g/mol. The molecule has 0 aliphatic heterocycles. The van der Waals surface area contributed by atoms with Crippen molar-refractivity contribution < 1.29 is 0 Å². The van der Waals surface area contributed by atoms with Crippen LogP contribution in [-0.2, 0) is 6.54 Å². The molecule has 1 heterocycles. The van der Waals surface area contributed by atoms with Crippen molar-refractivity contribution in [2.45, 2.75) is 32.9 Å². The second kappa shape index (κ2) is 5.99. The smallest absolute Gasteiger partial charge is 0.0414 e. The number of rotatable bonds is 5. The second-order valence-corrected chi connectivity index (χ2v) is 5.33. The third kappa shape index (κ3) is 3.42. The number of thiophene rings is 1. The van der Waals surface area contributed by atoms with E-state index in [9.17, 15) is 0 Å². The summed E-state index contributed by atoms with van der Waals surface area (Å²) in [7, 11) is 0. The van der Waals surface area contributed by atoms with Gasteiger partial charge in [-0.3, -0.25) is 0 Å². The molecule has 0 saturated carbocycles. The average Bonchev–Trinajstić information content (AvgIpc) is 2.84. The summed E-state index contributed by atoms with van der Waals surface area (Å²) >= 11 is 1.83. The standard InChI is InChI=1S/C15H19NS/c1-3-14(15-8-5-9-17-15)16-11-13-7-4-6-12(2)10-13/h4-10,14,16H,3,11H2,1-2H3. The van der Waals surface area contributed by atoms with Gasteiger partial charge in [-0.2, -0.15) is 0 Å². The van der Waals surface area contributed by atoms with Crippen molar-refractivity contribution in [1.82, 2.24) is 5.32 Å². The first-order chi connectivity index (χ1) is 8.29. The van der Waals surface area contributed by atoms with Gasteiger partial charge in [-0.25, -0.2) is 0 Å². The predicted molar refractivity (Wildman–Crippen MR) is 75.4 cm³/mol. The summed E-state index contributed by atoms with van der Waals surface area (Å²) in [6.07, 6.45) is 1.13. The highest BCUT2D eigenvalue weighted by Gasteiger charge is 2.09. The zero-order chi connectivity index (χ0) is 12.1. The first-order valence-corrected chi connectivity index (χ1v) is 7.00. The molecule has 0 fully saturated rings. The first-order valence-electron chi connectivity index (χ1n) is 6.12. The molecule has 17 heavy (non-hydrogen) atoms. The Bertz CT molecular complexity index is 448. The topological polar surface area (TPSA) is 12.0 Å². The lowest BCUT2D eigenvalue weighted by Crippen LogP contribution is -2.19. The fraction of sp³-hybridized carbons (Fsp3) is 0.333. The van der Waals surface area contributed by atoms with Crippen molar-refractivity contribution in [3.05, 3.63) is 57.8 Å². The summed E-state index contributed by atoms with van der Waals surface area (Å²) in [4.78, 5) is 1.43. The minimum Gasteiger partial charge on any atom is -0.305 e. The zero-order valence-corrected chi connectivity index (χ0v) is 11.3. The van der Waals surface area contributed by atoms with E-state index in [1.165, 1.54) is 16.0 Å². The van der Waals surface area contributed by atoms with Gasteiger partial charge in [0.05, 0.1) is 0 Å². The van der Waals surface area contributed by atoms with E-state index in [0.717, 1.165) is 13.0 Å². The zero-order valence-electron chi connectivity index (χ0n) is 10.4. The van der Waals surface area contributed by atoms with E-state index in [2.05, 4.69) is 60.9 Å². The fourth-order valence-corrected chi connectivity index (χ4v) is 2.88. The minimum absolute atomic E-state index is 0.482. The van der Waals surface area contributed by atoms with Crippen molar-refractivity contribution in [1.29, 1.82) is 0 Å². The van der Waals surface area contributed by atoms with E-state index in [0.29, 0.717) is 6.04 Å². The lowest BCUT2D eigenvalue weighted by Gasteiger charge is -2.15. The summed E-state index contributed by atoms with van der Waals surface area (Å²) in [5.74, 6) is 0. The number of aryl methyl sites for hydroxylation is 1. The third-order valence-electron chi connectivity index (χ3n) is 2.93. The lowest BCUT2D eigenvalue weighted by molar-refractivity contribution is 0.526. The molecule has 0 bridgehead atoms. The van der Waals surface area contributed by atoms with Crippen LogP contribution < -0.4 is 5.32 Å². The molecule has 0 saturated heterocycles. The summed E-state index contributed by atoms with van der Waals surface area (Å²) in [6, 6.07) is 13.5. The van der Waals surface area contributed by atoms with Crippen LogP contribution >= 0.6 is 11.3 Å². The first kappa shape index (κ1) is 12.3. The van der Waals surface area contributed by atoms with Gasteiger partial charge in [-0.1, -0.05) is 42.8 Å². The molecule has 1 N–H and O–H groups in total. The van der Waals surface area contributed by atoms with Crippen LogP contribution in [0.1, 0.15) is 35.4 Å². The van der Waals surface area contributed by atoms with E-state index in [1.54, 1.807) is 0 Å². The summed E-state index contributed by atoms with van der Waals surface area (Å²) in [6.45, 7) is 5.31. The molecule has 1 aromatic heterocycles. The summed E-state index contributed by atoms with van der Waals surface area (Å²) < 4.78 is 0. The molecule has 2 rings (SSSR count). The van der Waals surface area contributed by atoms with Crippen LogP contribution in [0, 0.1) is 6.92 Å². The second-order valence-electron chi connectivity index (χ2n) is 4.35. The van der Waals surface area contributed by atoms with E-state index in [1.807, 2.05) is 11.3 Å². The maximum atomic E-state index is 3.63. The summed E-state index contributed by atoms with van der Waals surface area (Å²) in [5.41, 5.74) is 2.69. The number of benzene rings is 1. The normalized spacial score (nSPS) is 12.6. The third-order valence-corrected chi connectivity index (χ3v) is 3.92. The van der Waals surface area contributed by atoms with Crippen LogP contribution in [0.4, 0.5) is 0 Å². The summed E-state index contributed by atoms with van der Waals surface area (Å²) in [5, 5.41) is 5.77. The fourth-order valence-electron chi connectivity index (χ4n) is 2.00. The Morgan fingerprint density at radius 2 is 2.12 bits per heavy atom. The Balaban J connectivity index is 1.97.